The summed E-state index contributed by atoms with van der Waals surface area (Å²) in [7, 11) is 0. The van der Waals surface area contributed by atoms with Gasteiger partial charge in [0.15, 0.2) is 0 Å². The van der Waals surface area contributed by atoms with Crippen LogP contribution in [0.4, 0.5) is 0 Å². The maximum atomic E-state index is 10.9. The Balaban J connectivity index is 2.40. The predicted octanol–water partition coefficient (Wildman–Crippen LogP) is 1.45. The van der Waals surface area contributed by atoms with Gasteiger partial charge in [-0.05, 0) is 12.8 Å². The topological polar surface area (TPSA) is 20.3 Å². The molecule has 1 fully saturated rings. The first-order valence-electron chi connectivity index (χ1n) is 4.53. The van der Waals surface area contributed by atoms with Crippen molar-refractivity contribution in [2.75, 3.05) is 13.1 Å². The lowest BCUT2D eigenvalue weighted by molar-refractivity contribution is -0.117. The summed E-state index contributed by atoms with van der Waals surface area (Å²) in [5.41, 5.74) is 0. The zero-order valence-electron chi connectivity index (χ0n) is 7.47. The van der Waals surface area contributed by atoms with E-state index < -0.39 is 0 Å². The molecule has 1 heterocycles. The normalized spacial score (nSPS) is 20.1. The van der Waals surface area contributed by atoms with E-state index in [0.29, 0.717) is 18.4 Å². The highest BCUT2D eigenvalue weighted by Crippen LogP contribution is 2.13. The van der Waals surface area contributed by atoms with Gasteiger partial charge in [0.05, 0.1) is 6.54 Å². The van der Waals surface area contributed by atoms with E-state index in [1.54, 1.807) is 0 Å². The molecule has 1 aliphatic rings. The van der Waals surface area contributed by atoms with Crippen LogP contribution in [0.3, 0.4) is 0 Å². The lowest BCUT2D eigenvalue weighted by Gasteiger charge is -2.23. The molecule has 11 heavy (non-hydrogen) atoms. The van der Waals surface area contributed by atoms with Crippen LogP contribution in [0.25, 0.3) is 0 Å². The lowest BCUT2D eigenvalue weighted by Crippen LogP contribution is -2.32. The van der Waals surface area contributed by atoms with Gasteiger partial charge in [-0.25, -0.2) is 0 Å². The summed E-state index contributed by atoms with van der Waals surface area (Å²) >= 11 is 0. The number of rotatable bonds is 3. The Morgan fingerprint density at radius 1 is 1.45 bits per heavy atom. The summed E-state index contributed by atoms with van der Waals surface area (Å²) in [6, 6.07) is 0.640. The van der Waals surface area contributed by atoms with Crippen molar-refractivity contribution in [2.45, 2.75) is 39.2 Å². The molecule has 0 unspecified atom stereocenters. The second-order valence-electron chi connectivity index (χ2n) is 3.23. The first kappa shape index (κ1) is 8.72. The standard InChI is InChI=1S/C9H17NO/c1-3-8(4-2)10-6-5-9(11)7-10/h8H,3-7H2,1-2H3. The molecule has 0 aromatic rings. The molecule has 2 heteroatoms. The van der Waals surface area contributed by atoms with Gasteiger partial charge in [-0.2, -0.15) is 0 Å². The third-order valence-corrected chi connectivity index (χ3v) is 2.52. The maximum absolute atomic E-state index is 10.9. The Bertz CT molecular complexity index is 140. The van der Waals surface area contributed by atoms with Crippen LogP contribution in [0.15, 0.2) is 0 Å². The average Bonchev–Trinajstić information content (AvgIpc) is 2.39. The monoisotopic (exact) mass is 155 g/mol. The Morgan fingerprint density at radius 3 is 2.45 bits per heavy atom. The van der Waals surface area contributed by atoms with Gasteiger partial charge in [0.2, 0.25) is 0 Å². The van der Waals surface area contributed by atoms with Crippen LogP contribution in [0.2, 0.25) is 0 Å². The summed E-state index contributed by atoms with van der Waals surface area (Å²) in [5.74, 6) is 0.414. The second-order valence-corrected chi connectivity index (χ2v) is 3.23. The van der Waals surface area contributed by atoms with E-state index >= 15 is 0 Å². The van der Waals surface area contributed by atoms with Gasteiger partial charge in [0.1, 0.15) is 5.78 Å². The predicted molar refractivity (Wildman–Crippen MR) is 45.6 cm³/mol. The molecule has 0 bridgehead atoms. The van der Waals surface area contributed by atoms with Crippen molar-refractivity contribution >= 4 is 5.78 Å². The van der Waals surface area contributed by atoms with E-state index in [0.717, 1.165) is 13.0 Å². The highest BCUT2D eigenvalue weighted by atomic mass is 16.1. The third-order valence-electron chi connectivity index (χ3n) is 2.52. The minimum atomic E-state index is 0.414. The number of likely N-dealkylation sites (tertiary alicyclic amines) is 1. The molecule has 1 rings (SSSR count). The van der Waals surface area contributed by atoms with E-state index in [4.69, 9.17) is 0 Å². The van der Waals surface area contributed by atoms with Crippen LogP contribution < -0.4 is 0 Å². The van der Waals surface area contributed by atoms with Crippen molar-refractivity contribution in [1.29, 1.82) is 0 Å². The van der Waals surface area contributed by atoms with E-state index in [9.17, 15) is 4.79 Å². The zero-order valence-corrected chi connectivity index (χ0v) is 7.47. The Morgan fingerprint density at radius 2 is 2.09 bits per heavy atom. The SMILES string of the molecule is CCC(CC)N1CCC(=O)C1. The molecule has 64 valence electrons. The molecule has 0 aromatic carbocycles. The minimum absolute atomic E-state index is 0.414. The number of carbonyl (C=O) groups excluding carboxylic acids is 1. The second kappa shape index (κ2) is 3.86. The van der Waals surface area contributed by atoms with Crippen LogP contribution in [-0.2, 0) is 4.79 Å². The average molecular weight is 155 g/mol. The summed E-state index contributed by atoms with van der Waals surface area (Å²) in [6.45, 7) is 6.07. The number of Topliss-reactive ketones (excluding diaryl/α,β-unsaturated/α-hetero) is 1. The minimum Gasteiger partial charge on any atom is -0.298 e. The summed E-state index contributed by atoms with van der Waals surface area (Å²) in [5, 5.41) is 0. The number of nitrogens with zero attached hydrogens (tertiary/aromatic N) is 1. The largest absolute Gasteiger partial charge is 0.298 e. The van der Waals surface area contributed by atoms with E-state index in [-0.39, 0.29) is 0 Å². The van der Waals surface area contributed by atoms with Crippen LogP contribution in [0, 0.1) is 0 Å². The molecular weight excluding hydrogens is 138 g/mol. The van der Waals surface area contributed by atoms with Crippen LogP contribution in [0.5, 0.6) is 0 Å². The van der Waals surface area contributed by atoms with Gasteiger partial charge in [-0.1, -0.05) is 13.8 Å². The first-order valence-corrected chi connectivity index (χ1v) is 4.53. The third kappa shape index (κ3) is 2.03. The van der Waals surface area contributed by atoms with Crippen molar-refractivity contribution in [2.24, 2.45) is 0 Å². The fraction of sp³-hybridized carbons (Fsp3) is 0.889. The Labute approximate surface area is 68.6 Å². The van der Waals surface area contributed by atoms with Gasteiger partial charge in [0.25, 0.3) is 0 Å². The van der Waals surface area contributed by atoms with Crippen molar-refractivity contribution in [3.8, 4) is 0 Å². The molecule has 0 aliphatic carbocycles. The van der Waals surface area contributed by atoms with Gasteiger partial charge in [-0.3, -0.25) is 9.69 Å². The van der Waals surface area contributed by atoms with E-state index in [1.807, 2.05) is 0 Å². The fourth-order valence-corrected chi connectivity index (χ4v) is 1.77. The molecule has 0 N–H and O–H groups in total. The molecule has 0 radical (unpaired) electrons. The highest BCUT2D eigenvalue weighted by Gasteiger charge is 2.23. The molecule has 1 saturated heterocycles. The zero-order chi connectivity index (χ0) is 8.27. The van der Waals surface area contributed by atoms with Crippen molar-refractivity contribution in [3.63, 3.8) is 0 Å². The van der Waals surface area contributed by atoms with Gasteiger partial charge >= 0.3 is 0 Å². The van der Waals surface area contributed by atoms with Crippen molar-refractivity contribution < 1.29 is 4.79 Å². The molecule has 0 saturated carbocycles. The summed E-state index contributed by atoms with van der Waals surface area (Å²) in [4.78, 5) is 13.3. The van der Waals surface area contributed by atoms with Crippen LogP contribution >= 0.6 is 0 Å². The van der Waals surface area contributed by atoms with Gasteiger partial charge < -0.3 is 0 Å². The molecule has 0 spiro atoms. The molecule has 2 nitrogen and oxygen atoms in total. The smallest absolute Gasteiger partial charge is 0.148 e. The van der Waals surface area contributed by atoms with E-state index in [2.05, 4.69) is 18.7 Å². The lowest BCUT2D eigenvalue weighted by atomic mass is 10.1. The molecular formula is C9H17NO. The van der Waals surface area contributed by atoms with Crippen molar-refractivity contribution in [1.82, 2.24) is 4.90 Å². The maximum Gasteiger partial charge on any atom is 0.148 e. The number of hydrogen-bond acceptors (Lipinski definition) is 2. The summed E-state index contributed by atoms with van der Waals surface area (Å²) in [6.07, 6.45) is 3.12. The highest BCUT2D eigenvalue weighted by molar-refractivity contribution is 5.82. The fourth-order valence-electron chi connectivity index (χ4n) is 1.77. The molecule has 0 aromatic heterocycles. The number of ketones is 1. The van der Waals surface area contributed by atoms with Crippen molar-refractivity contribution in [3.05, 3.63) is 0 Å². The van der Waals surface area contributed by atoms with Crippen LogP contribution in [-0.4, -0.2) is 29.8 Å². The Kier molecular flexibility index (Phi) is 3.06. The van der Waals surface area contributed by atoms with Crippen LogP contribution in [0.1, 0.15) is 33.1 Å². The molecule has 1 aliphatic heterocycles. The molecule has 0 atom stereocenters. The number of hydrogen-bond donors (Lipinski definition) is 0. The molecule has 0 amide bonds. The van der Waals surface area contributed by atoms with Gasteiger partial charge in [-0.15, -0.1) is 0 Å². The number of carbonyl (C=O) groups is 1. The summed E-state index contributed by atoms with van der Waals surface area (Å²) < 4.78 is 0. The Hall–Kier alpha value is -0.370. The quantitative estimate of drug-likeness (QED) is 0.615. The van der Waals surface area contributed by atoms with E-state index in [1.165, 1.54) is 12.8 Å². The van der Waals surface area contributed by atoms with Gasteiger partial charge in [0, 0.05) is 19.0 Å². The first-order chi connectivity index (χ1) is 5.27.